The number of carbonyl (C=O) groups is 2. The van der Waals surface area contributed by atoms with Crippen molar-refractivity contribution < 1.29 is 14.3 Å². The molecule has 1 fully saturated rings. The van der Waals surface area contributed by atoms with Crippen molar-refractivity contribution in [2.75, 3.05) is 0 Å². The number of carbonyl (C=O) groups excluding carboxylic acids is 2. The van der Waals surface area contributed by atoms with Crippen LogP contribution in [0.5, 0.6) is 0 Å². The summed E-state index contributed by atoms with van der Waals surface area (Å²) in [6.45, 7) is 8.27. The first kappa shape index (κ1) is 13.8. The molecule has 0 aromatic heterocycles. The molecule has 1 saturated heterocycles. The summed E-state index contributed by atoms with van der Waals surface area (Å²) in [5, 5.41) is 0. The first-order chi connectivity index (χ1) is 8.82. The Hall–Kier alpha value is -1.64. The second-order valence-corrected chi connectivity index (χ2v) is 6.05. The van der Waals surface area contributed by atoms with Gasteiger partial charge in [0.2, 0.25) is 0 Å². The van der Waals surface area contributed by atoms with E-state index in [1.165, 1.54) is 5.56 Å². The fourth-order valence-electron chi connectivity index (χ4n) is 2.52. The lowest BCUT2D eigenvalue weighted by Gasteiger charge is -2.29. The van der Waals surface area contributed by atoms with Crippen LogP contribution in [-0.2, 0) is 19.7 Å². The van der Waals surface area contributed by atoms with Crippen LogP contribution in [0.1, 0.15) is 51.2 Å². The Morgan fingerprint density at radius 2 is 1.74 bits per heavy atom. The normalized spacial score (nSPS) is 19.9. The van der Waals surface area contributed by atoms with E-state index >= 15 is 0 Å². The third-order valence-electron chi connectivity index (χ3n) is 4.06. The number of hydrogen-bond acceptors (Lipinski definition) is 3. The summed E-state index contributed by atoms with van der Waals surface area (Å²) in [5.41, 5.74) is 1.94. The second kappa shape index (κ2) is 4.80. The Labute approximate surface area is 114 Å². The van der Waals surface area contributed by atoms with Crippen molar-refractivity contribution in [3.63, 3.8) is 0 Å². The van der Waals surface area contributed by atoms with E-state index in [1.54, 1.807) is 0 Å². The highest BCUT2D eigenvalue weighted by Crippen LogP contribution is 2.38. The van der Waals surface area contributed by atoms with Gasteiger partial charge in [0, 0.05) is 5.41 Å². The third kappa shape index (κ3) is 2.55. The zero-order chi connectivity index (χ0) is 14.2. The lowest BCUT2D eigenvalue weighted by molar-refractivity contribution is -0.153. The van der Waals surface area contributed by atoms with E-state index in [0.29, 0.717) is 5.92 Å². The summed E-state index contributed by atoms with van der Waals surface area (Å²) in [4.78, 5) is 23.0. The maximum Gasteiger partial charge on any atom is 0.318 e. The number of ether oxygens (including phenoxy) is 1. The smallest absolute Gasteiger partial charge is 0.318 e. The Morgan fingerprint density at radius 1 is 1.16 bits per heavy atom. The van der Waals surface area contributed by atoms with Crippen LogP contribution in [0.4, 0.5) is 0 Å². The lowest BCUT2D eigenvalue weighted by atomic mass is 9.72. The number of hydrogen-bond donors (Lipinski definition) is 0. The highest BCUT2D eigenvalue weighted by molar-refractivity contribution is 5.95. The van der Waals surface area contributed by atoms with E-state index < -0.39 is 17.4 Å². The highest BCUT2D eigenvalue weighted by Gasteiger charge is 2.44. The van der Waals surface area contributed by atoms with E-state index in [4.69, 9.17) is 0 Å². The number of benzene rings is 1. The van der Waals surface area contributed by atoms with Gasteiger partial charge >= 0.3 is 11.9 Å². The summed E-state index contributed by atoms with van der Waals surface area (Å²) in [6.07, 6.45) is 0.178. The number of rotatable bonds is 3. The van der Waals surface area contributed by atoms with Gasteiger partial charge in [0.25, 0.3) is 0 Å². The highest BCUT2D eigenvalue weighted by atomic mass is 16.6. The second-order valence-electron chi connectivity index (χ2n) is 6.05. The average Bonchev–Trinajstić information content (AvgIpc) is 2.69. The molecule has 1 aromatic carbocycles. The molecular weight excluding hydrogens is 240 g/mol. The minimum Gasteiger partial charge on any atom is -0.393 e. The van der Waals surface area contributed by atoms with E-state index in [0.717, 1.165) is 5.56 Å². The summed E-state index contributed by atoms with van der Waals surface area (Å²) in [6, 6.07) is 8.27. The third-order valence-corrected chi connectivity index (χ3v) is 4.06. The fraction of sp³-hybridized carbons (Fsp3) is 0.500. The quantitative estimate of drug-likeness (QED) is 0.619. The monoisotopic (exact) mass is 260 g/mol. The molecule has 0 aliphatic carbocycles. The van der Waals surface area contributed by atoms with Crippen LogP contribution in [-0.4, -0.2) is 11.9 Å². The van der Waals surface area contributed by atoms with E-state index in [2.05, 4.69) is 30.7 Å². The molecule has 0 N–H and O–H groups in total. The molecule has 0 bridgehead atoms. The maximum atomic E-state index is 11.7. The van der Waals surface area contributed by atoms with Crippen LogP contribution in [0.2, 0.25) is 0 Å². The predicted octanol–water partition coefficient (Wildman–Crippen LogP) is 3.18. The summed E-state index contributed by atoms with van der Waals surface area (Å²) >= 11 is 0. The Balaban J connectivity index is 2.28. The first-order valence-corrected chi connectivity index (χ1v) is 6.67. The Kier molecular flexibility index (Phi) is 3.48. The molecule has 1 unspecified atom stereocenters. The molecule has 0 saturated carbocycles. The van der Waals surface area contributed by atoms with Crippen LogP contribution in [0, 0.1) is 5.92 Å². The van der Waals surface area contributed by atoms with E-state index in [9.17, 15) is 9.59 Å². The molecule has 1 aliphatic rings. The van der Waals surface area contributed by atoms with Crippen molar-refractivity contribution in [2.45, 2.75) is 45.4 Å². The molecule has 102 valence electrons. The summed E-state index contributed by atoms with van der Waals surface area (Å²) < 4.78 is 4.67. The van der Waals surface area contributed by atoms with Crippen molar-refractivity contribution in [2.24, 2.45) is 5.92 Å². The molecule has 2 rings (SSSR count). The topological polar surface area (TPSA) is 43.4 Å². The van der Waals surface area contributed by atoms with E-state index in [1.807, 2.05) is 26.0 Å². The molecule has 1 aliphatic heterocycles. The van der Waals surface area contributed by atoms with Gasteiger partial charge in [0.05, 0.1) is 12.3 Å². The van der Waals surface area contributed by atoms with Crippen LogP contribution in [0.15, 0.2) is 24.3 Å². The molecule has 3 nitrogen and oxygen atoms in total. The van der Waals surface area contributed by atoms with Gasteiger partial charge < -0.3 is 4.74 Å². The number of cyclic esters (lactones) is 2. The molecule has 19 heavy (non-hydrogen) atoms. The summed E-state index contributed by atoms with van der Waals surface area (Å²) in [5.74, 6) is -0.718. The molecule has 1 heterocycles. The van der Waals surface area contributed by atoms with Gasteiger partial charge in [-0.05, 0) is 17.0 Å². The molecule has 0 amide bonds. The SMILES string of the molecule is CC(C)c1ccc(C(C)(C)C2CC(=O)OC2=O)cc1. The first-order valence-electron chi connectivity index (χ1n) is 6.67. The molecule has 1 atom stereocenters. The van der Waals surface area contributed by atoms with Gasteiger partial charge in [-0.3, -0.25) is 9.59 Å². The van der Waals surface area contributed by atoms with Crippen molar-refractivity contribution >= 4 is 11.9 Å². The molecule has 3 heteroatoms. The molecule has 1 aromatic rings. The maximum absolute atomic E-state index is 11.7. The van der Waals surface area contributed by atoms with E-state index in [-0.39, 0.29) is 12.3 Å². The van der Waals surface area contributed by atoms with Gasteiger partial charge in [-0.15, -0.1) is 0 Å². The Morgan fingerprint density at radius 3 is 2.16 bits per heavy atom. The minimum atomic E-state index is -0.415. The average molecular weight is 260 g/mol. The Bertz CT molecular complexity index is 497. The zero-order valence-corrected chi connectivity index (χ0v) is 11.9. The van der Waals surface area contributed by atoms with Crippen molar-refractivity contribution in [3.8, 4) is 0 Å². The molecular formula is C16H20O3. The van der Waals surface area contributed by atoms with Gasteiger partial charge in [-0.2, -0.15) is 0 Å². The largest absolute Gasteiger partial charge is 0.393 e. The van der Waals surface area contributed by atoms with Gasteiger partial charge in [-0.1, -0.05) is 52.0 Å². The van der Waals surface area contributed by atoms with Crippen molar-refractivity contribution in [1.82, 2.24) is 0 Å². The lowest BCUT2D eigenvalue weighted by Crippen LogP contribution is -2.32. The standard InChI is InChI=1S/C16H20O3/c1-10(2)11-5-7-12(8-6-11)16(3,4)13-9-14(17)19-15(13)18/h5-8,10,13H,9H2,1-4H3. The van der Waals surface area contributed by atoms with Gasteiger partial charge in [0.15, 0.2) is 0 Å². The van der Waals surface area contributed by atoms with Crippen LogP contribution < -0.4 is 0 Å². The summed E-state index contributed by atoms with van der Waals surface area (Å²) in [7, 11) is 0. The van der Waals surface area contributed by atoms with Crippen LogP contribution in [0.3, 0.4) is 0 Å². The molecule has 0 radical (unpaired) electrons. The minimum absolute atomic E-state index is 0.178. The van der Waals surface area contributed by atoms with Crippen LogP contribution in [0.25, 0.3) is 0 Å². The van der Waals surface area contributed by atoms with Crippen molar-refractivity contribution in [3.05, 3.63) is 35.4 Å². The van der Waals surface area contributed by atoms with Crippen molar-refractivity contribution in [1.29, 1.82) is 0 Å². The fourth-order valence-corrected chi connectivity index (χ4v) is 2.52. The molecule has 0 spiro atoms. The predicted molar refractivity (Wildman–Crippen MR) is 72.8 cm³/mol. The van der Waals surface area contributed by atoms with Gasteiger partial charge in [0.1, 0.15) is 0 Å². The van der Waals surface area contributed by atoms with Crippen LogP contribution >= 0.6 is 0 Å². The zero-order valence-electron chi connectivity index (χ0n) is 11.9. The van der Waals surface area contributed by atoms with Gasteiger partial charge in [-0.25, -0.2) is 0 Å². The number of esters is 2.